The van der Waals surface area contributed by atoms with Gasteiger partial charge in [0.1, 0.15) is 10.7 Å². The molecule has 1 aromatic rings. The highest BCUT2D eigenvalue weighted by Crippen LogP contribution is 2.35. The van der Waals surface area contributed by atoms with Crippen LogP contribution in [-0.2, 0) is 0 Å². The van der Waals surface area contributed by atoms with Crippen LogP contribution in [0.3, 0.4) is 0 Å². The van der Waals surface area contributed by atoms with Gasteiger partial charge in [-0.15, -0.1) is 0 Å². The Labute approximate surface area is 100.0 Å². The van der Waals surface area contributed by atoms with E-state index in [0.29, 0.717) is 12.2 Å². The second-order valence-electron chi connectivity index (χ2n) is 3.74. The van der Waals surface area contributed by atoms with Crippen molar-refractivity contribution >= 4 is 23.0 Å². The maximum absolute atomic E-state index is 11.0. The van der Waals surface area contributed by atoms with Gasteiger partial charge in [0.15, 0.2) is 0 Å². The van der Waals surface area contributed by atoms with Crippen LogP contribution in [0.2, 0.25) is 5.02 Å². The molecule has 16 heavy (non-hydrogen) atoms. The molecule has 0 fully saturated rings. The van der Waals surface area contributed by atoms with E-state index in [9.17, 15) is 10.1 Å². The summed E-state index contributed by atoms with van der Waals surface area (Å²) in [7, 11) is 0. The topological polar surface area (TPSA) is 46.4 Å². The second-order valence-corrected chi connectivity index (χ2v) is 4.15. The number of nitro groups is 1. The van der Waals surface area contributed by atoms with Gasteiger partial charge in [-0.1, -0.05) is 17.7 Å². The monoisotopic (exact) mass is 242 g/mol. The first-order chi connectivity index (χ1) is 7.49. The van der Waals surface area contributed by atoms with Crippen molar-refractivity contribution in [3.63, 3.8) is 0 Å². The summed E-state index contributed by atoms with van der Waals surface area (Å²) >= 11 is 5.86. The van der Waals surface area contributed by atoms with Gasteiger partial charge in [0.05, 0.1) is 4.92 Å². The minimum Gasteiger partial charge on any atom is -0.364 e. The highest BCUT2D eigenvalue weighted by Gasteiger charge is 2.23. The summed E-state index contributed by atoms with van der Waals surface area (Å²) in [5.41, 5.74) is 0.565. The van der Waals surface area contributed by atoms with Crippen molar-refractivity contribution in [3.8, 4) is 0 Å². The zero-order valence-corrected chi connectivity index (χ0v) is 10.4. The predicted octanol–water partition coefficient (Wildman–Crippen LogP) is 3.48. The Morgan fingerprint density at radius 1 is 1.50 bits per heavy atom. The molecule has 0 aliphatic carbocycles. The molecule has 1 aromatic carbocycles. The molecule has 0 heterocycles. The van der Waals surface area contributed by atoms with Gasteiger partial charge in [-0.3, -0.25) is 10.1 Å². The third kappa shape index (κ3) is 2.44. The van der Waals surface area contributed by atoms with Crippen LogP contribution in [0.1, 0.15) is 20.8 Å². The number of benzene rings is 1. The third-order valence-corrected chi connectivity index (χ3v) is 2.73. The molecule has 0 unspecified atom stereocenters. The van der Waals surface area contributed by atoms with Crippen LogP contribution < -0.4 is 4.90 Å². The van der Waals surface area contributed by atoms with E-state index in [0.717, 1.165) is 0 Å². The van der Waals surface area contributed by atoms with E-state index in [4.69, 9.17) is 11.6 Å². The number of nitrogens with zero attached hydrogens (tertiary/aromatic N) is 2. The van der Waals surface area contributed by atoms with Crippen molar-refractivity contribution in [2.45, 2.75) is 26.8 Å². The Bertz CT molecular complexity index is 394. The molecule has 0 spiro atoms. The zero-order valence-electron chi connectivity index (χ0n) is 9.61. The largest absolute Gasteiger partial charge is 0.364 e. The quantitative estimate of drug-likeness (QED) is 0.600. The van der Waals surface area contributed by atoms with Gasteiger partial charge in [-0.2, -0.15) is 0 Å². The summed E-state index contributed by atoms with van der Waals surface area (Å²) in [5, 5.41) is 11.2. The van der Waals surface area contributed by atoms with Crippen molar-refractivity contribution in [1.82, 2.24) is 0 Å². The molecule has 0 radical (unpaired) electrons. The van der Waals surface area contributed by atoms with E-state index in [2.05, 4.69) is 0 Å². The molecule has 0 amide bonds. The normalized spacial score (nSPS) is 10.6. The van der Waals surface area contributed by atoms with E-state index in [1.54, 1.807) is 12.1 Å². The molecule has 4 nitrogen and oxygen atoms in total. The number of halogens is 1. The van der Waals surface area contributed by atoms with Gasteiger partial charge >= 0.3 is 5.69 Å². The van der Waals surface area contributed by atoms with E-state index in [-0.39, 0.29) is 16.8 Å². The first-order valence-corrected chi connectivity index (χ1v) is 5.56. The van der Waals surface area contributed by atoms with Crippen LogP contribution in [0, 0.1) is 10.1 Å². The minimum atomic E-state index is -0.428. The smallest absolute Gasteiger partial charge is 0.310 e. The van der Waals surface area contributed by atoms with Crippen LogP contribution in [0.15, 0.2) is 18.2 Å². The van der Waals surface area contributed by atoms with Crippen LogP contribution in [0.5, 0.6) is 0 Å². The van der Waals surface area contributed by atoms with Gasteiger partial charge in [0, 0.05) is 12.6 Å². The molecule has 0 N–H and O–H groups in total. The zero-order chi connectivity index (χ0) is 12.3. The summed E-state index contributed by atoms with van der Waals surface area (Å²) in [4.78, 5) is 12.5. The van der Waals surface area contributed by atoms with E-state index >= 15 is 0 Å². The van der Waals surface area contributed by atoms with E-state index in [1.165, 1.54) is 6.07 Å². The second kappa shape index (κ2) is 5.16. The summed E-state index contributed by atoms with van der Waals surface area (Å²) in [6.07, 6.45) is 0. The Kier molecular flexibility index (Phi) is 4.12. The van der Waals surface area contributed by atoms with Crippen LogP contribution in [-0.4, -0.2) is 17.5 Å². The first kappa shape index (κ1) is 12.8. The fourth-order valence-electron chi connectivity index (χ4n) is 1.73. The van der Waals surface area contributed by atoms with E-state index in [1.807, 2.05) is 25.7 Å². The molecule has 0 aliphatic rings. The fourth-order valence-corrected chi connectivity index (χ4v) is 1.97. The third-order valence-electron chi connectivity index (χ3n) is 2.42. The number of anilines is 1. The van der Waals surface area contributed by atoms with Gasteiger partial charge in [-0.25, -0.2) is 0 Å². The average Bonchev–Trinajstić information content (AvgIpc) is 2.17. The maximum Gasteiger partial charge on any atom is 0.310 e. The summed E-state index contributed by atoms with van der Waals surface area (Å²) < 4.78 is 0. The number of nitro benzene ring substituents is 1. The lowest BCUT2D eigenvalue weighted by molar-refractivity contribution is -0.384. The van der Waals surface area contributed by atoms with Gasteiger partial charge in [-0.05, 0) is 32.9 Å². The maximum atomic E-state index is 11.0. The Morgan fingerprint density at radius 2 is 2.12 bits per heavy atom. The number of para-hydroxylation sites is 1. The molecular formula is C11H15ClN2O2. The van der Waals surface area contributed by atoms with Gasteiger partial charge < -0.3 is 4.90 Å². The molecule has 0 bridgehead atoms. The predicted molar refractivity (Wildman–Crippen MR) is 66.3 cm³/mol. The summed E-state index contributed by atoms with van der Waals surface area (Å²) in [5.74, 6) is 0. The van der Waals surface area contributed by atoms with Crippen molar-refractivity contribution in [1.29, 1.82) is 0 Å². The lowest BCUT2D eigenvalue weighted by Crippen LogP contribution is -2.30. The van der Waals surface area contributed by atoms with Crippen LogP contribution in [0.25, 0.3) is 0 Å². The molecule has 5 heteroatoms. The van der Waals surface area contributed by atoms with Gasteiger partial charge in [0.25, 0.3) is 0 Å². The molecular weight excluding hydrogens is 228 g/mol. The van der Waals surface area contributed by atoms with Crippen molar-refractivity contribution in [2.24, 2.45) is 0 Å². The van der Waals surface area contributed by atoms with Crippen molar-refractivity contribution in [3.05, 3.63) is 33.3 Å². The molecule has 0 aliphatic heterocycles. The molecule has 0 saturated heterocycles. The van der Waals surface area contributed by atoms with Crippen molar-refractivity contribution < 1.29 is 4.92 Å². The molecule has 0 atom stereocenters. The summed E-state index contributed by atoms with van der Waals surface area (Å²) in [6.45, 7) is 6.66. The Morgan fingerprint density at radius 3 is 2.56 bits per heavy atom. The molecule has 1 rings (SSSR count). The highest BCUT2D eigenvalue weighted by molar-refractivity contribution is 6.33. The van der Waals surface area contributed by atoms with E-state index < -0.39 is 4.92 Å². The standard InChI is InChI=1S/C11H15ClN2O2/c1-4-13(8(2)3)10-7-5-6-9(12)11(10)14(15)16/h5-8H,4H2,1-3H3. The van der Waals surface area contributed by atoms with Gasteiger partial charge in [0.2, 0.25) is 0 Å². The first-order valence-electron chi connectivity index (χ1n) is 5.18. The Hall–Kier alpha value is -1.29. The summed E-state index contributed by atoms with van der Waals surface area (Å²) in [6, 6.07) is 5.20. The number of hydrogen-bond acceptors (Lipinski definition) is 3. The Balaban J connectivity index is 3.31. The van der Waals surface area contributed by atoms with Crippen LogP contribution >= 0.6 is 11.6 Å². The average molecular weight is 243 g/mol. The number of hydrogen-bond donors (Lipinski definition) is 0. The molecule has 0 saturated carbocycles. The minimum absolute atomic E-state index is 0.0142. The lowest BCUT2D eigenvalue weighted by atomic mass is 10.2. The molecule has 0 aromatic heterocycles. The number of rotatable bonds is 4. The van der Waals surface area contributed by atoms with Crippen LogP contribution in [0.4, 0.5) is 11.4 Å². The SMILES string of the molecule is CCN(c1cccc(Cl)c1[N+](=O)[O-])C(C)C. The fraction of sp³-hybridized carbons (Fsp3) is 0.455. The highest BCUT2D eigenvalue weighted by atomic mass is 35.5. The lowest BCUT2D eigenvalue weighted by Gasteiger charge is -2.27. The van der Waals surface area contributed by atoms with Crippen molar-refractivity contribution in [2.75, 3.05) is 11.4 Å². The molecule has 88 valence electrons.